The quantitative estimate of drug-likeness (QED) is 0.748. The van der Waals surface area contributed by atoms with Gasteiger partial charge in [0.15, 0.2) is 11.5 Å². The van der Waals surface area contributed by atoms with E-state index in [1.807, 2.05) is 43.3 Å². The van der Waals surface area contributed by atoms with E-state index in [0.29, 0.717) is 36.4 Å². The Labute approximate surface area is 172 Å². The van der Waals surface area contributed by atoms with E-state index in [9.17, 15) is 4.79 Å². The Balaban J connectivity index is 1.36. The molecule has 2 aliphatic rings. The van der Waals surface area contributed by atoms with Gasteiger partial charge in [0.25, 0.3) is 0 Å². The van der Waals surface area contributed by atoms with Crippen molar-refractivity contribution >= 4 is 5.91 Å². The molecule has 0 radical (unpaired) electrons. The van der Waals surface area contributed by atoms with Crippen molar-refractivity contribution in [1.29, 1.82) is 0 Å². The smallest absolute Gasteiger partial charge is 0.228 e. The average molecular weight is 396 g/mol. The van der Waals surface area contributed by atoms with Crippen LogP contribution in [0.1, 0.15) is 38.2 Å². The Bertz CT molecular complexity index is 840. The summed E-state index contributed by atoms with van der Waals surface area (Å²) in [4.78, 5) is 17.4. The minimum Gasteiger partial charge on any atom is -0.490 e. The van der Waals surface area contributed by atoms with Crippen LogP contribution in [-0.2, 0) is 11.3 Å². The van der Waals surface area contributed by atoms with Crippen LogP contribution in [0.3, 0.4) is 0 Å². The lowest BCUT2D eigenvalue weighted by Crippen LogP contribution is -2.47. The molecule has 6 nitrogen and oxygen atoms in total. The Morgan fingerprint density at radius 2 is 2.10 bits per heavy atom. The number of nitrogens with zero attached hydrogens (tertiary/aromatic N) is 1. The van der Waals surface area contributed by atoms with Crippen molar-refractivity contribution in [3.63, 3.8) is 0 Å². The SMILES string of the molecule is CCOc1ccccc1Oc1ccc(CNC(=O)[C@@]23CCCC[C@H]2CNC3)cn1. The van der Waals surface area contributed by atoms with Crippen molar-refractivity contribution in [2.75, 3.05) is 19.7 Å². The zero-order chi connectivity index (χ0) is 20.1. The molecule has 4 rings (SSSR count). The zero-order valence-corrected chi connectivity index (χ0v) is 16.9. The third kappa shape index (κ3) is 4.22. The lowest BCUT2D eigenvalue weighted by atomic mass is 9.67. The van der Waals surface area contributed by atoms with E-state index in [2.05, 4.69) is 15.6 Å². The van der Waals surface area contributed by atoms with Crippen LogP contribution in [0.5, 0.6) is 17.4 Å². The Hall–Kier alpha value is -2.60. The van der Waals surface area contributed by atoms with E-state index in [4.69, 9.17) is 9.47 Å². The van der Waals surface area contributed by atoms with Crippen molar-refractivity contribution in [3.05, 3.63) is 48.2 Å². The molecule has 1 aromatic carbocycles. The van der Waals surface area contributed by atoms with Crippen LogP contribution in [0.4, 0.5) is 0 Å². The van der Waals surface area contributed by atoms with Crippen LogP contribution in [0, 0.1) is 11.3 Å². The average Bonchev–Trinajstić information content (AvgIpc) is 3.20. The molecular formula is C23H29N3O3. The van der Waals surface area contributed by atoms with E-state index >= 15 is 0 Å². The fourth-order valence-electron chi connectivity index (χ4n) is 4.55. The summed E-state index contributed by atoms with van der Waals surface area (Å²) in [5.74, 6) is 2.48. The molecule has 0 bridgehead atoms. The molecule has 2 aromatic rings. The van der Waals surface area contributed by atoms with Gasteiger partial charge in [-0.05, 0) is 49.9 Å². The number of carbonyl (C=O) groups excluding carboxylic acids is 1. The van der Waals surface area contributed by atoms with Gasteiger partial charge in [0, 0.05) is 25.4 Å². The summed E-state index contributed by atoms with van der Waals surface area (Å²) >= 11 is 0. The second-order valence-corrected chi connectivity index (χ2v) is 7.90. The molecule has 1 aromatic heterocycles. The van der Waals surface area contributed by atoms with Crippen LogP contribution >= 0.6 is 0 Å². The van der Waals surface area contributed by atoms with Crippen LogP contribution in [0.15, 0.2) is 42.6 Å². The first-order valence-corrected chi connectivity index (χ1v) is 10.5. The van der Waals surface area contributed by atoms with Gasteiger partial charge in [-0.15, -0.1) is 0 Å². The summed E-state index contributed by atoms with van der Waals surface area (Å²) in [6.45, 7) is 4.76. The third-order valence-corrected chi connectivity index (χ3v) is 6.10. The van der Waals surface area contributed by atoms with Crippen molar-refractivity contribution < 1.29 is 14.3 Å². The van der Waals surface area contributed by atoms with Gasteiger partial charge in [-0.25, -0.2) is 4.98 Å². The number of hydrogen-bond donors (Lipinski definition) is 2. The van der Waals surface area contributed by atoms with E-state index < -0.39 is 0 Å². The second-order valence-electron chi connectivity index (χ2n) is 7.90. The maximum absolute atomic E-state index is 13.0. The summed E-state index contributed by atoms with van der Waals surface area (Å²) in [6, 6.07) is 11.3. The standard InChI is InChI=1S/C23H29N3O3/c1-2-28-19-8-3-4-9-20(19)29-21-11-10-17(13-25-21)14-26-22(27)23-12-6-5-7-18(23)15-24-16-23/h3-4,8-11,13,18,24H,2,5-7,12,14-16H2,1H3,(H,26,27)/t18-,23+/m0/s1. The summed E-state index contributed by atoms with van der Waals surface area (Å²) < 4.78 is 11.4. The molecule has 1 saturated heterocycles. The highest BCUT2D eigenvalue weighted by Crippen LogP contribution is 2.43. The number of pyridine rings is 1. The summed E-state index contributed by atoms with van der Waals surface area (Å²) in [5, 5.41) is 6.57. The van der Waals surface area contributed by atoms with Gasteiger partial charge in [-0.2, -0.15) is 0 Å². The van der Waals surface area contributed by atoms with Gasteiger partial charge >= 0.3 is 0 Å². The maximum atomic E-state index is 13.0. The van der Waals surface area contributed by atoms with E-state index in [-0.39, 0.29) is 11.3 Å². The lowest BCUT2D eigenvalue weighted by molar-refractivity contribution is -0.134. The molecule has 0 unspecified atom stereocenters. The monoisotopic (exact) mass is 395 g/mol. The Morgan fingerprint density at radius 3 is 2.90 bits per heavy atom. The number of carbonyl (C=O) groups is 1. The second kappa shape index (κ2) is 8.82. The summed E-state index contributed by atoms with van der Waals surface area (Å²) in [7, 11) is 0. The first-order valence-electron chi connectivity index (χ1n) is 10.5. The molecule has 1 saturated carbocycles. The topological polar surface area (TPSA) is 72.5 Å². The first-order chi connectivity index (χ1) is 14.2. The Kier molecular flexibility index (Phi) is 6.00. The molecule has 1 aliphatic carbocycles. The molecule has 2 N–H and O–H groups in total. The van der Waals surface area contributed by atoms with Crippen molar-refractivity contribution in [2.45, 2.75) is 39.2 Å². The molecule has 0 spiro atoms. The number of fused-ring (bicyclic) bond motifs is 1. The van der Waals surface area contributed by atoms with E-state index in [1.54, 1.807) is 6.20 Å². The molecule has 2 heterocycles. The third-order valence-electron chi connectivity index (χ3n) is 6.10. The zero-order valence-electron chi connectivity index (χ0n) is 16.9. The van der Waals surface area contributed by atoms with Gasteiger partial charge in [0.05, 0.1) is 12.0 Å². The van der Waals surface area contributed by atoms with E-state index in [1.165, 1.54) is 6.42 Å². The normalized spacial score (nSPS) is 23.3. The predicted molar refractivity (Wildman–Crippen MR) is 111 cm³/mol. The number of para-hydroxylation sites is 2. The largest absolute Gasteiger partial charge is 0.490 e. The number of amides is 1. The molecule has 6 heteroatoms. The van der Waals surface area contributed by atoms with Crippen LogP contribution in [0.2, 0.25) is 0 Å². The molecular weight excluding hydrogens is 366 g/mol. The number of ether oxygens (including phenoxy) is 2. The van der Waals surface area contributed by atoms with Gasteiger partial charge in [-0.3, -0.25) is 4.79 Å². The first kappa shape index (κ1) is 19.7. The molecule has 1 amide bonds. The molecule has 154 valence electrons. The number of benzene rings is 1. The van der Waals surface area contributed by atoms with Gasteiger partial charge in [0.1, 0.15) is 0 Å². The van der Waals surface area contributed by atoms with Crippen LogP contribution in [-0.4, -0.2) is 30.6 Å². The molecule has 1 aliphatic heterocycles. The van der Waals surface area contributed by atoms with Crippen LogP contribution in [0.25, 0.3) is 0 Å². The predicted octanol–water partition coefficient (Wildman–Crippen LogP) is 3.67. The fraction of sp³-hybridized carbons (Fsp3) is 0.478. The fourth-order valence-corrected chi connectivity index (χ4v) is 4.55. The van der Waals surface area contributed by atoms with Crippen molar-refractivity contribution in [2.24, 2.45) is 11.3 Å². The van der Waals surface area contributed by atoms with Crippen molar-refractivity contribution in [1.82, 2.24) is 15.6 Å². The van der Waals surface area contributed by atoms with Crippen molar-refractivity contribution in [3.8, 4) is 17.4 Å². The highest BCUT2D eigenvalue weighted by Gasteiger charge is 2.49. The highest BCUT2D eigenvalue weighted by atomic mass is 16.5. The molecule has 2 fully saturated rings. The Morgan fingerprint density at radius 1 is 1.24 bits per heavy atom. The number of hydrogen-bond acceptors (Lipinski definition) is 5. The van der Waals surface area contributed by atoms with Gasteiger partial charge in [-0.1, -0.05) is 31.0 Å². The lowest BCUT2D eigenvalue weighted by Gasteiger charge is -2.37. The summed E-state index contributed by atoms with van der Waals surface area (Å²) in [6.07, 6.45) is 6.27. The van der Waals surface area contributed by atoms with Gasteiger partial charge in [0.2, 0.25) is 11.8 Å². The minimum absolute atomic E-state index is 0.179. The van der Waals surface area contributed by atoms with Crippen LogP contribution < -0.4 is 20.1 Å². The summed E-state index contributed by atoms with van der Waals surface area (Å²) in [5.41, 5.74) is 0.732. The maximum Gasteiger partial charge on any atom is 0.228 e. The number of nitrogens with one attached hydrogen (secondary N) is 2. The molecule has 29 heavy (non-hydrogen) atoms. The molecule has 2 atom stereocenters. The van der Waals surface area contributed by atoms with E-state index in [0.717, 1.165) is 37.9 Å². The minimum atomic E-state index is -0.224. The van der Waals surface area contributed by atoms with Gasteiger partial charge < -0.3 is 20.1 Å². The number of rotatable bonds is 7. The number of aromatic nitrogens is 1. The highest BCUT2D eigenvalue weighted by molar-refractivity contribution is 5.83.